The van der Waals surface area contributed by atoms with Crippen molar-refractivity contribution in [1.29, 1.82) is 0 Å². The van der Waals surface area contributed by atoms with Gasteiger partial charge in [-0.2, -0.15) is 0 Å². The largest absolute Gasteiger partial charge is 0.492 e. The molecule has 0 aliphatic carbocycles. The number of rotatable bonds is 8. The van der Waals surface area contributed by atoms with Crippen molar-refractivity contribution < 1.29 is 34.1 Å². The molecular weight excluding hydrogens is 308 g/mol. The number of hydrogen-bond donors (Lipinski definition) is 3. The van der Waals surface area contributed by atoms with E-state index in [0.717, 1.165) is 12.1 Å². The summed E-state index contributed by atoms with van der Waals surface area (Å²) in [7, 11) is 1.47. The zero-order chi connectivity index (χ0) is 17.4. The fraction of sp³-hybridized carbons (Fsp3) is 0.571. The molecule has 9 nitrogen and oxygen atoms in total. The number of carbonyl (C=O) groups excluding carboxylic acids is 2. The molecule has 0 unspecified atom stereocenters. The highest BCUT2D eigenvalue weighted by atomic mass is 16.7. The molecule has 0 bridgehead atoms. The van der Waals surface area contributed by atoms with E-state index in [9.17, 15) is 19.8 Å². The fourth-order valence-electron chi connectivity index (χ4n) is 1.74. The van der Waals surface area contributed by atoms with Gasteiger partial charge >= 0.3 is 12.1 Å². The highest BCUT2D eigenvalue weighted by Crippen LogP contribution is 2.19. The minimum atomic E-state index is -0.994. The first kappa shape index (κ1) is 18.6. The Labute approximate surface area is 133 Å². The number of amides is 1. The molecule has 0 radical (unpaired) electrons. The molecule has 1 heterocycles. The Bertz CT molecular complexity index is 508. The predicted octanol–water partition coefficient (Wildman–Crippen LogP) is 0.642. The predicted molar refractivity (Wildman–Crippen MR) is 79.0 cm³/mol. The highest BCUT2D eigenvalue weighted by Gasteiger charge is 2.26. The quantitative estimate of drug-likeness (QED) is 0.598. The molecule has 1 aromatic heterocycles. The average molecular weight is 330 g/mol. The van der Waals surface area contributed by atoms with Crippen LogP contribution >= 0.6 is 0 Å². The van der Waals surface area contributed by atoms with Crippen molar-refractivity contribution in [3.8, 4) is 11.8 Å². The van der Waals surface area contributed by atoms with Crippen molar-refractivity contribution in [2.75, 3.05) is 20.3 Å². The van der Waals surface area contributed by atoms with Gasteiger partial charge in [-0.05, 0) is 12.3 Å². The Hall–Kier alpha value is -2.42. The first-order valence-electron chi connectivity index (χ1n) is 7.09. The van der Waals surface area contributed by atoms with Crippen molar-refractivity contribution in [2.45, 2.75) is 26.3 Å². The first-order valence-corrected chi connectivity index (χ1v) is 7.09. The Kier molecular flexibility index (Phi) is 7.20. The number of hydrogen-bond acceptors (Lipinski definition) is 7. The number of ether oxygens (including phenoxy) is 2. The third kappa shape index (κ3) is 6.07. The Morgan fingerprint density at radius 1 is 1.22 bits per heavy atom. The number of carbonyl (C=O) groups is 2. The van der Waals surface area contributed by atoms with E-state index in [1.165, 1.54) is 7.11 Å². The van der Waals surface area contributed by atoms with Crippen LogP contribution in [0.2, 0.25) is 0 Å². The van der Waals surface area contributed by atoms with Crippen LogP contribution in [0.15, 0.2) is 12.1 Å². The van der Waals surface area contributed by atoms with Gasteiger partial charge in [0, 0.05) is 19.2 Å². The summed E-state index contributed by atoms with van der Waals surface area (Å²) in [6, 6.07) is 1.32. The normalized spacial score (nSPS) is 12.0. The maximum Gasteiger partial charge on any atom is 0.407 e. The van der Waals surface area contributed by atoms with Gasteiger partial charge in [0.05, 0.1) is 6.61 Å². The summed E-state index contributed by atoms with van der Waals surface area (Å²) < 4.78 is 10.2. The minimum absolute atomic E-state index is 0.0466. The van der Waals surface area contributed by atoms with Gasteiger partial charge in [-0.15, -0.1) is 4.73 Å². The molecule has 1 aromatic rings. The first-order chi connectivity index (χ1) is 10.8. The van der Waals surface area contributed by atoms with Crippen molar-refractivity contribution in [2.24, 2.45) is 5.92 Å². The second kappa shape index (κ2) is 8.89. The molecule has 0 saturated heterocycles. The monoisotopic (exact) mass is 330 g/mol. The zero-order valence-corrected chi connectivity index (χ0v) is 13.3. The molecule has 1 atom stereocenters. The number of methoxy groups -OCH3 is 1. The average Bonchev–Trinajstić information content (AvgIpc) is 2.78. The van der Waals surface area contributed by atoms with Crippen LogP contribution in [0.4, 0.5) is 4.79 Å². The van der Waals surface area contributed by atoms with Crippen LogP contribution in [0.25, 0.3) is 0 Å². The van der Waals surface area contributed by atoms with E-state index in [-0.39, 0.29) is 19.1 Å². The van der Waals surface area contributed by atoms with Crippen molar-refractivity contribution in [1.82, 2.24) is 10.0 Å². The van der Waals surface area contributed by atoms with Crippen molar-refractivity contribution >= 4 is 12.1 Å². The van der Waals surface area contributed by atoms with Crippen LogP contribution in [-0.4, -0.2) is 53.4 Å². The van der Waals surface area contributed by atoms with Crippen molar-refractivity contribution in [3.63, 3.8) is 0 Å². The lowest BCUT2D eigenvalue weighted by Gasteiger charge is -2.19. The van der Waals surface area contributed by atoms with Crippen LogP contribution in [0, 0.1) is 5.92 Å². The standard InChI is InChI=1S/C14H22N2O7/c1-9(2)8-10(15-14(20)22-7-6-21-3)13(19)23-16-11(17)4-5-12(16)18/h4-5,9-10,17-18H,6-8H2,1-3H3,(H,15,20)/t10-/m0/s1. The van der Waals surface area contributed by atoms with Gasteiger partial charge in [-0.1, -0.05) is 13.8 Å². The second-order valence-electron chi connectivity index (χ2n) is 5.21. The molecule has 130 valence electrons. The van der Waals surface area contributed by atoms with Gasteiger partial charge in [0.2, 0.25) is 11.8 Å². The van der Waals surface area contributed by atoms with Gasteiger partial charge in [-0.3, -0.25) is 0 Å². The van der Waals surface area contributed by atoms with E-state index in [2.05, 4.69) is 5.32 Å². The van der Waals surface area contributed by atoms with Crippen LogP contribution in [-0.2, 0) is 14.3 Å². The lowest BCUT2D eigenvalue weighted by molar-refractivity contribution is -0.148. The molecule has 1 amide bonds. The van der Waals surface area contributed by atoms with Gasteiger partial charge in [0.1, 0.15) is 12.6 Å². The molecule has 0 saturated carbocycles. The van der Waals surface area contributed by atoms with Gasteiger partial charge in [-0.25, -0.2) is 9.59 Å². The van der Waals surface area contributed by atoms with Crippen LogP contribution in [0.3, 0.4) is 0 Å². The van der Waals surface area contributed by atoms with E-state index >= 15 is 0 Å². The third-order valence-electron chi connectivity index (χ3n) is 2.78. The summed E-state index contributed by atoms with van der Waals surface area (Å²) in [5, 5.41) is 21.3. The van der Waals surface area contributed by atoms with Crippen LogP contribution in [0.1, 0.15) is 20.3 Å². The van der Waals surface area contributed by atoms with E-state index in [1.807, 2.05) is 13.8 Å². The maximum atomic E-state index is 12.2. The number of aromatic nitrogens is 1. The molecule has 3 N–H and O–H groups in total. The molecule has 23 heavy (non-hydrogen) atoms. The highest BCUT2D eigenvalue weighted by molar-refractivity contribution is 5.81. The maximum absolute atomic E-state index is 12.2. The Balaban J connectivity index is 2.69. The molecule has 0 spiro atoms. The van der Waals surface area contributed by atoms with Crippen LogP contribution < -0.4 is 10.2 Å². The second-order valence-corrected chi connectivity index (χ2v) is 5.21. The number of nitrogens with one attached hydrogen (secondary N) is 1. The van der Waals surface area contributed by atoms with Gasteiger partial charge < -0.3 is 29.8 Å². The lowest BCUT2D eigenvalue weighted by atomic mass is 10.0. The summed E-state index contributed by atoms with van der Waals surface area (Å²) in [5.41, 5.74) is 0. The summed E-state index contributed by atoms with van der Waals surface area (Å²) in [6.45, 7) is 4.01. The summed E-state index contributed by atoms with van der Waals surface area (Å²) in [5.74, 6) is -1.65. The smallest absolute Gasteiger partial charge is 0.407 e. The Morgan fingerprint density at radius 3 is 2.35 bits per heavy atom. The SMILES string of the molecule is COCCOC(=O)N[C@@H](CC(C)C)C(=O)On1c(O)ccc1O. The summed E-state index contributed by atoms with van der Waals surface area (Å²) in [4.78, 5) is 28.7. The Morgan fingerprint density at radius 2 is 1.83 bits per heavy atom. The summed E-state index contributed by atoms with van der Waals surface area (Å²) >= 11 is 0. The molecule has 0 aliphatic rings. The van der Waals surface area contributed by atoms with E-state index in [0.29, 0.717) is 11.2 Å². The number of nitrogens with zero attached hydrogens (tertiary/aromatic N) is 1. The van der Waals surface area contributed by atoms with Gasteiger partial charge in [0.15, 0.2) is 0 Å². The topological polar surface area (TPSA) is 119 Å². The van der Waals surface area contributed by atoms with E-state index in [1.54, 1.807) is 0 Å². The lowest BCUT2D eigenvalue weighted by Crippen LogP contribution is -2.45. The molecule has 0 aromatic carbocycles. The minimum Gasteiger partial charge on any atom is -0.492 e. The molecule has 0 aliphatic heterocycles. The molecule has 0 fully saturated rings. The van der Waals surface area contributed by atoms with E-state index < -0.39 is 29.9 Å². The number of alkyl carbamates (subject to hydrolysis) is 1. The molecular formula is C14H22N2O7. The van der Waals surface area contributed by atoms with Gasteiger partial charge in [0.25, 0.3) is 0 Å². The summed E-state index contributed by atoms with van der Waals surface area (Å²) in [6.07, 6.45) is -0.494. The molecule has 9 heteroatoms. The third-order valence-corrected chi connectivity index (χ3v) is 2.78. The number of aromatic hydroxyl groups is 2. The fourth-order valence-corrected chi connectivity index (χ4v) is 1.74. The zero-order valence-electron chi connectivity index (χ0n) is 13.3. The van der Waals surface area contributed by atoms with Crippen LogP contribution in [0.5, 0.6) is 11.8 Å². The van der Waals surface area contributed by atoms with Crippen molar-refractivity contribution in [3.05, 3.63) is 12.1 Å². The molecule has 1 rings (SSSR count). The van der Waals surface area contributed by atoms with E-state index in [4.69, 9.17) is 14.3 Å².